The average molecular weight is 462 g/mol. The van der Waals surface area contributed by atoms with E-state index in [1.807, 2.05) is 23.1 Å². The van der Waals surface area contributed by atoms with Gasteiger partial charge in [0.1, 0.15) is 5.75 Å². The molecular weight excluding hydrogens is 438 g/mol. The first-order valence-electron chi connectivity index (χ1n) is 9.77. The summed E-state index contributed by atoms with van der Waals surface area (Å²) in [6.45, 7) is 0.610. The molecule has 1 saturated carbocycles. The minimum atomic E-state index is -0.259. The van der Waals surface area contributed by atoms with Gasteiger partial charge in [-0.15, -0.1) is 0 Å². The fourth-order valence-corrected chi connectivity index (χ4v) is 6.11. The molecular formula is C21H24BrN3O2S. The molecule has 3 aliphatic rings. The van der Waals surface area contributed by atoms with E-state index in [9.17, 15) is 10.1 Å². The molecule has 1 amide bonds. The SMILES string of the molecule is COc1ccc(Br)cc1[C@@H]1CC(=O)N2CN(C3CCCCC3)CSC2=C1C#N. The Morgan fingerprint density at radius 1 is 1.29 bits per heavy atom. The number of hydrogen-bond acceptors (Lipinski definition) is 5. The second-order valence-electron chi connectivity index (χ2n) is 7.59. The summed E-state index contributed by atoms with van der Waals surface area (Å²) in [5.74, 6) is 1.39. The Hall–Kier alpha value is -1.49. The molecule has 0 bridgehead atoms. The van der Waals surface area contributed by atoms with Crippen molar-refractivity contribution in [2.75, 3.05) is 19.7 Å². The van der Waals surface area contributed by atoms with Crippen LogP contribution in [0.3, 0.4) is 0 Å². The number of ether oxygens (including phenoxy) is 1. The molecule has 0 aromatic heterocycles. The first kappa shape index (κ1) is 19.8. The number of carbonyl (C=O) groups excluding carboxylic acids is 1. The predicted molar refractivity (Wildman–Crippen MR) is 114 cm³/mol. The third-order valence-electron chi connectivity index (χ3n) is 5.97. The molecule has 5 nitrogen and oxygen atoms in total. The summed E-state index contributed by atoms with van der Waals surface area (Å²) >= 11 is 5.15. The Morgan fingerprint density at radius 2 is 2.07 bits per heavy atom. The third-order valence-corrected chi connectivity index (χ3v) is 7.64. The fourth-order valence-electron chi connectivity index (χ4n) is 4.50. The normalized spacial score (nSPS) is 24.1. The zero-order valence-corrected chi connectivity index (χ0v) is 18.4. The van der Waals surface area contributed by atoms with E-state index in [1.165, 1.54) is 32.1 Å². The molecule has 1 atom stereocenters. The van der Waals surface area contributed by atoms with Crippen LogP contribution < -0.4 is 4.74 Å². The van der Waals surface area contributed by atoms with Crippen molar-refractivity contribution in [3.05, 3.63) is 38.8 Å². The van der Waals surface area contributed by atoms with E-state index in [-0.39, 0.29) is 11.8 Å². The lowest BCUT2D eigenvalue weighted by atomic mass is 9.86. The summed E-state index contributed by atoms with van der Waals surface area (Å²) in [4.78, 5) is 17.3. The average Bonchev–Trinajstić information content (AvgIpc) is 2.74. The van der Waals surface area contributed by atoms with Crippen LogP contribution >= 0.6 is 27.7 Å². The predicted octanol–water partition coefficient (Wildman–Crippen LogP) is 4.81. The van der Waals surface area contributed by atoms with Gasteiger partial charge in [0, 0.05) is 28.4 Å². The minimum Gasteiger partial charge on any atom is -0.496 e. The first-order valence-corrected chi connectivity index (χ1v) is 11.5. The van der Waals surface area contributed by atoms with Crippen LogP contribution in [0.25, 0.3) is 0 Å². The molecule has 0 unspecified atom stereocenters. The molecule has 2 aliphatic heterocycles. The van der Waals surface area contributed by atoms with Gasteiger partial charge in [-0.25, -0.2) is 0 Å². The van der Waals surface area contributed by atoms with Crippen molar-refractivity contribution in [2.45, 2.75) is 50.5 Å². The molecule has 1 aromatic rings. The Bertz CT molecular complexity index is 845. The summed E-state index contributed by atoms with van der Waals surface area (Å²) in [6.07, 6.45) is 6.60. The molecule has 1 aliphatic carbocycles. The number of allylic oxidation sites excluding steroid dienone is 1. The van der Waals surface area contributed by atoms with Gasteiger partial charge in [0.15, 0.2) is 0 Å². The lowest BCUT2D eigenvalue weighted by Crippen LogP contribution is -2.51. The maximum atomic E-state index is 13.1. The van der Waals surface area contributed by atoms with Crippen molar-refractivity contribution in [3.63, 3.8) is 0 Å². The monoisotopic (exact) mass is 461 g/mol. The highest BCUT2D eigenvalue weighted by atomic mass is 79.9. The van der Waals surface area contributed by atoms with Gasteiger partial charge in [-0.05, 0) is 31.0 Å². The number of hydrogen-bond donors (Lipinski definition) is 0. The number of benzene rings is 1. The second kappa shape index (κ2) is 8.48. The quantitative estimate of drug-likeness (QED) is 0.646. The summed E-state index contributed by atoms with van der Waals surface area (Å²) in [7, 11) is 1.63. The largest absolute Gasteiger partial charge is 0.496 e. The standard InChI is InChI=1S/C21H24BrN3O2S/c1-27-19-8-7-14(22)9-17(19)16-10-20(26)25-12-24(15-5-3-2-4-6-15)13-28-21(25)18(16)11-23/h7-9,15-16H,2-6,10,12-13H2,1H3/t16-/m0/s1. The van der Waals surface area contributed by atoms with Gasteiger partial charge in [-0.2, -0.15) is 5.26 Å². The van der Waals surface area contributed by atoms with Crippen LogP contribution in [0.15, 0.2) is 33.3 Å². The Morgan fingerprint density at radius 3 is 2.79 bits per heavy atom. The summed E-state index contributed by atoms with van der Waals surface area (Å²) in [6, 6.07) is 8.73. The van der Waals surface area contributed by atoms with E-state index in [1.54, 1.807) is 18.9 Å². The number of nitrogens with zero attached hydrogens (tertiary/aromatic N) is 3. The van der Waals surface area contributed by atoms with Crippen molar-refractivity contribution in [2.24, 2.45) is 0 Å². The van der Waals surface area contributed by atoms with Crippen LogP contribution in [0.5, 0.6) is 5.75 Å². The maximum Gasteiger partial charge on any atom is 0.229 e. The number of nitriles is 1. The van der Waals surface area contributed by atoms with Crippen molar-refractivity contribution in [1.82, 2.24) is 9.80 Å². The van der Waals surface area contributed by atoms with Crippen LogP contribution in [0, 0.1) is 11.3 Å². The third kappa shape index (κ3) is 3.70. The van der Waals surface area contributed by atoms with Gasteiger partial charge >= 0.3 is 0 Å². The van der Waals surface area contributed by atoms with E-state index in [0.717, 1.165) is 20.9 Å². The molecule has 1 aromatic carbocycles. The highest BCUT2D eigenvalue weighted by Gasteiger charge is 2.40. The van der Waals surface area contributed by atoms with Crippen molar-refractivity contribution in [3.8, 4) is 11.8 Å². The Labute approximate surface area is 178 Å². The number of rotatable bonds is 3. The van der Waals surface area contributed by atoms with E-state index < -0.39 is 0 Å². The Balaban J connectivity index is 1.65. The molecule has 0 N–H and O–H groups in total. The molecule has 28 heavy (non-hydrogen) atoms. The van der Waals surface area contributed by atoms with Crippen LogP contribution in [-0.4, -0.2) is 41.4 Å². The number of thioether (sulfide) groups is 1. The van der Waals surface area contributed by atoms with Crippen molar-refractivity contribution < 1.29 is 9.53 Å². The van der Waals surface area contributed by atoms with Gasteiger partial charge in [0.25, 0.3) is 0 Å². The molecule has 2 heterocycles. The zero-order valence-electron chi connectivity index (χ0n) is 16.0. The topological polar surface area (TPSA) is 56.6 Å². The number of halogens is 1. The lowest BCUT2D eigenvalue weighted by Gasteiger charge is -2.44. The number of amides is 1. The first-order chi connectivity index (χ1) is 13.6. The fraction of sp³-hybridized carbons (Fsp3) is 0.524. The highest BCUT2D eigenvalue weighted by molar-refractivity contribution is 9.10. The van der Waals surface area contributed by atoms with E-state index in [2.05, 4.69) is 26.9 Å². The van der Waals surface area contributed by atoms with E-state index >= 15 is 0 Å². The molecule has 0 spiro atoms. The molecule has 4 rings (SSSR count). The molecule has 1 saturated heterocycles. The van der Waals surface area contributed by atoms with Crippen molar-refractivity contribution >= 4 is 33.6 Å². The highest BCUT2D eigenvalue weighted by Crippen LogP contribution is 2.45. The van der Waals surface area contributed by atoms with Gasteiger partial charge < -0.3 is 4.74 Å². The zero-order chi connectivity index (χ0) is 19.7. The molecule has 0 radical (unpaired) electrons. The molecule has 148 valence electrons. The summed E-state index contributed by atoms with van der Waals surface area (Å²) < 4.78 is 6.44. The van der Waals surface area contributed by atoms with Crippen LogP contribution in [0.1, 0.15) is 50.0 Å². The number of fused-ring (bicyclic) bond motifs is 1. The molecule has 7 heteroatoms. The van der Waals surface area contributed by atoms with Crippen LogP contribution in [0.4, 0.5) is 0 Å². The Kier molecular flexibility index (Phi) is 6.00. The van der Waals surface area contributed by atoms with Gasteiger partial charge in [-0.1, -0.05) is 47.0 Å². The van der Waals surface area contributed by atoms with Gasteiger partial charge in [0.05, 0.1) is 36.3 Å². The van der Waals surface area contributed by atoms with E-state index in [0.29, 0.717) is 30.5 Å². The summed E-state index contributed by atoms with van der Waals surface area (Å²) in [5, 5.41) is 10.8. The van der Waals surface area contributed by atoms with Crippen LogP contribution in [0.2, 0.25) is 0 Å². The lowest BCUT2D eigenvalue weighted by molar-refractivity contribution is -0.132. The summed E-state index contributed by atoms with van der Waals surface area (Å²) in [5.41, 5.74) is 1.58. The smallest absolute Gasteiger partial charge is 0.229 e. The van der Waals surface area contributed by atoms with Crippen LogP contribution in [-0.2, 0) is 4.79 Å². The van der Waals surface area contributed by atoms with Gasteiger partial charge in [0.2, 0.25) is 5.91 Å². The van der Waals surface area contributed by atoms with Crippen molar-refractivity contribution in [1.29, 1.82) is 5.26 Å². The minimum absolute atomic E-state index is 0.0917. The van der Waals surface area contributed by atoms with Gasteiger partial charge in [-0.3, -0.25) is 14.6 Å². The second-order valence-corrected chi connectivity index (χ2v) is 9.44. The molecule has 2 fully saturated rings. The number of methoxy groups -OCH3 is 1. The van der Waals surface area contributed by atoms with E-state index in [4.69, 9.17) is 4.74 Å². The number of carbonyl (C=O) groups is 1. The maximum absolute atomic E-state index is 13.1.